The summed E-state index contributed by atoms with van der Waals surface area (Å²) in [5.74, 6) is -0.899. The Hall–Kier alpha value is -1.69. The van der Waals surface area contributed by atoms with Crippen LogP contribution in [-0.2, 0) is 4.74 Å². The van der Waals surface area contributed by atoms with E-state index in [1.165, 1.54) is 0 Å². The lowest BCUT2D eigenvalue weighted by Gasteiger charge is -2.25. The average molecular weight is 340 g/mol. The Bertz CT molecular complexity index is 546. The highest BCUT2D eigenvalue weighted by atomic mass is 19.3. The molecule has 1 N–H and O–H groups in total. The molecule has 1 aliphatic rings. The fraction of sp³-hybridized carbons (Fsp3) is 0.611. The summed E-state index contributed by atoms with van der Waals surface area (Å²) in [6.07, 6.45) is -3.13. The largest absolute Gasteiger partial charge is 0.444 e. The first-order chi connectivity index (χ1) is 11.2. The minimum Gasteiger partial charge on any atom is -0.444 e. The fourth-order valence-corrected chi connectivity index (χ4v) is 2.99. The number of carbonyl (C=O) groups excluding carboxylic acids is 1. The maximum absolute atomic E-state index is 13.4. The zero-order valence-corrected chi connectivity index (χ0v) is 14.6. The second-order valence-corrected chi connectivity index (χ2v) is 7.29. The predicted octanol–water partition coefficient (Wildman–Crippen LogP) is 3.84. The predicted molar refractivity (Wildman–Crippen MR) is 89.1 cm³/mol. The van der Waals surface area contributed by atoms with Crippen LogP contribution in [0.25, 0.3) is 0 Å². The maximum Gasteiger partial charge on any atom is 0.407 e. The van der Waals surface area contributed by atoms with Gasteiger partial charge in [0.1, 0.15) is 5.60 Å². The van der Waals surface area contributed by atoms with E-state index in [4.69, 9.17) is 4.74 Å². The topological polar surface area (TPSA) is 41.6 Å². The molecule has 1 saturated heterocycles. The number of nitrogens with one attached hydrogen (secondary N) is 1. The number of carbonyl (C=O) groups is 1. The molecular weight excluding hydrogens is 314 g/mol. The number of hydrogen-bond donors (Lipinski definition) is 1. The third-order valence-electron chi connectivity index (χ3n) is 4.25. The van der Waals surface area contributed by atoms with E-state index in [0.717, 1.165) is 5.56 Å². The number of halogens is 2. The fourth-order valence-electron chi connectivity index (χ4n) is 2.99. The lowest BCUT2D eigenvalue weighted by molar-refractivity contribution is 0.0406. The Morgan fingerprint density at radius 1 is 1.25 bits per heavy atom. The normalized spacial score (nSPS) is 23.3. The van der Waals surface area contributed by atoms with Crippen molar-refractivity contribution in [3.63, 3.8) is 0 Å². The van der Waals surface area contributed by atoms with E-state index in [0.29, 0.717) is 6.54 Å². The third-order valence-corrected chi connectivity index (χ3v) is 4.25. The molecule has 0 aromatic heterocycles. The summed E-state index contributed by atoms with van der Waals surface area (Å²) < 4.78 is 32.0. The summed E-state index contributed by atoms with van der Waals surface area (Å²) in [6, 6.07) is 9.15. The Morgan fingerprint density at radius 2 is 1.88 bits per heavy atom. The Morgan fingerprint density at radius 3 is 2.42 bits per heavy atom. The zero-order valence-electron chi connectivity index (χ0n) is 14.6. The molecule has 1 fully saturated rings. The monoisotopic (exact) mass is 340 g/mol. The number of amides is 1. The first-order valence-electron chi connectivity index (χ1n) is 8.24. The van der Waals surface area contributed by atoms with Crippen LogP contribution in [0.4, 0.5) is 13.6 Å². The van der Waals surface area contributed by atoms with Crippen molar-refractivity contribution in [1.82, 2.24) is 10.2 Å². The van der Waals surface area contributed by atoms with Crippen molar-refractivity contribution < 1.29 is 18.3 Å². The first kappa shape index (κ1) is 18.6. The summed E-state index contributed by atoms with van der Waals surface area (Å²) in [5.41, 5.74) is 0.420. The van der Waals surface area contributed by atoms with Gasteiger partial charge in [-0.25, -0.2) is 13.6 Å². The van der Waals surface area contributed by atoms with Gasteiger partial charge in [0.2, 0.25) is 6.43 Å². The van der Waals surface area contributed by atoms with Crippen LogP contribution in [0.3, 0.4) is 0 Å². The Labute approximate surface area is 142 Å². The summed E-state index contributed by atoms with van der Waals surface area (Å²) in [7, 11) is 0. The molecule has 1 aromatic carbocycles. The van der Waals surface area contributed by atoms with Crippen molar-refractivity contribution in [1.29, 1.82) is 0 Å². The molecule has 1 heterocycles. The van der Waals surface area contributed by atoms with Crippen molar-refractivity contribution in [2.75, 3.05) is 13.1 Å². The van der Waals surface area contributed by atoms with Gasteiger partial charge in [-0.05, 0) is 33.3 Å². The first-order valence-corrected chi connectivity index (χ1v) is 8.24. The van der Waals surface area contributed by atoms with Crippen LogP contribution in [0.1, 0.15) is 39.3 Å². The van der Waals surface area contributed by atoms with E-state index in [1.807, 2.05) is 42.2 Å². The van der Waals surface area contributed by atoms with Gasteiger partial charge in [0.05, 0.1) is 12.0 Å². The van der Waals surface area contributed by atoms with Crippen molar-refractivity contribution >= 4 is 6.09 Å². The molecule has 0 radical (unpaired) electrons. The van der Waals surface area contributed by atoms with Crippen molar-refractivity contribution in [3.05, 3.63) is 35.9 Å². The van der Waals surface area contributed by atoms with Crippen molar-refractivity contribution in [2.45, 2.75) is 51.8 Å². The van der Waals surface area contributed by atoms with Crippen LogP contribution in [-0.4, -0.2) is 42.2 Å². The molecule has 134 valence electrons. The second kappa shape index (κ2) is 7.47. The molecule has 0 spiro atoms. The van der Waals surface area contributed by atoms with Gasteiger partial charge in [0, 0.05) is 19.1 Å². The average Bonchev–Trinajstić information content (AvgIpc) is 2.89. The molecule has 1 aliphatic heterocycles. The van der Waals surface area contributed by atoms with Gasteiger partial charge in [-0.2, -0.15) is 0 Å². The lowest BCUT2D eigenvalue weighted by atomic mass is 10.1. The smallest absolute Gasteiger partial charge is 0.407 e. The van der Waals surface area contributed by atoms with E-state index < -0.39 is 30.1 Å². The van der Waals surface area contributed by atoms with Crippen molar-refractivity contribution in [3.8, 4) is 0 Å². The zero-order chi connectivity index (χ0) is 17.9. The molecule has 4 nitrogen and oxygen atoms in total. The van der Waals surface area contributed by atoms with E-state index >= 15 is 0 Å². The third kappa shape index (κ3) is 4.90. The lowest BCUT2D eigenvalue weighted by Crippen LogP contribution is -2.44. The number of nitrogens with zero attached hydrogens (tertiary/aromatic N) is 1. The van der Waals surface area contributed by atoms with E-state index in [-0.39, 0.29) is 12.6 Å². The van der Waals surface area contributed by atoms with Gasteiger partial charge in [0.15, 0.2) is 0 Å². The number of alkyl halides is 2. The molecule has 1 amide bonds. The summed E-state index contributed by atoms with van der Waals surface area (Å²) in [6.45, 7) is 7.85. The Balaban J connectivity index is 2.04. The molecule has 2 rings (SSSR count). The highest BCUT2D eigenvalue weighted by Gasteiger charge is 2.41. The standard InChI is InChI=1S/C18H26F2N2O2/c1-12(13-8-6-5-7-9-13)22-10-14(16(19)20)15(11-22)21-17(23)24-18(2,3)4/h5-9,12,14-16H,10-11H2,1-4H3,(H,21,23). The van der Waals surface area contributed by atoms with E-state index in [9.17, 15) is 13.6 Å². The maximum atomic E-state index is 13.4. The molecule has 6 heteroatoms. The highest BCUT2D eigenvalue weighted by molar-refractivity contribution is 5.68. The van der Waals surface area contributed by atoms with Crippen molar-refractivity contribution in [2.24, 2.45) is 5.92 Å². The van der Waals surface area contributed by atoms with Gasteiger partial charge in [-0.15, -0.1) is 0 Å². The van der Waals surface area contributed by atoms with Crippen LogP contribution in [0.15, 0.2) is 30.3 Å². The molecule has 0 saturated carbocycles. The molecule has 0 aliphatic carbocycles. The summed E-state index contributed by atoms with van der Waals surface area (Å²) in [4.78, 5) is 13.9. The molecule has 0 bridgehead atoms. The van der Waals surface area contributed by atoms with Gasteiger partial charge in [-0.3, -0.25) is 4.90 Å². The second-order valence-electron chi connectivity index (χ2n) is 7.29. The van der Waals surface area contributed by atoms with Crippen LogP contribution in [0, 0.1) is 5.92 Å². The number of rotatable bonds is 4. The highest BCUT2D eigenvalue weighted by Crippen LogP contribution is 2.30. The number of likely N-dealkylation sites (tertiary alicyclic amines) is 1. The Kier molecular flexibility index (Phi) is 5.80. The molecule has 1 aromatic rings. The quantitative estimate of drug-likeness (QED) is 0.905. The van der Waals surface area contributed by atoms with Crippen LogP contribution in [0.5, 0.6) is 0 Å². The number of benzene rings is 1. The van der Waals surface area contributed by atoms with Gasteiger partial charge in [-0.1, -0.05) is 30.3 Å². The summed E-state index contributed by atoms with van der Waals surface area (Å²) in [5, 5.41) is 2.62. The van der Waals surface area contributed by atoms with Gasteiger partial charge >= 0.3 is 6.09 Å². The molecule has 3 unspecified atom stereocenters. The van der Waals surface area contributed by atoms with Crippen LogP contribution < -0.4 is 5.32 Å². The van der Waals surface area contributed by atoms with Crippen LogP contribution >= 0.6 is 0 Å². The van der Waals surface area contributed by atoms with E-state index in [1.54, 1.807) is 20.8 Å². The number of hydrogen-bond acceptors (Lipinski definition) is 3. The summed E-state index contributed by atoms with van der Waals surface area (Å²) >= 11 is 0. The number of ether oxygens (including phenoxy) is 1. The van der Waals surface area contributed by atoms with E-state index in [2.05, 4.69) is 5.32 Å². The molecule has 24 heavy (non-hydrogen) atoms. The number of alkyl carbamates (subject to hydrolysis) is 1. The van der Waals surface area contributed by atoms with Gasteiger partial charge in [0.25, 0.3) is 0 Å². The molecular formula is C18H26F2N2O2. The van der Waals surface area contributed by atoms with Gasteiger partial charge < -0.3 is 10.1 Å². The molecule has 3 atom stereocenters. The minimum atomic E-state index is -2.49. The van der Waals surface area contributed by atoms with Crippen LogP contribution in [0.2, 0.25) is 0 Å². The SMILES string of the molecule is CC(c1ccccc1)N1CC(NC(=O)OC(C)(C)C)C(C(F)F)C1. The minimum absolute atomic E-state index is 0.0119.